The molecule has 0 aromatic heterocycles. The first-order chi connectivity index (χ1) is 37.2. The number of fused-ring (bicyclic) bond motifs is 19. The molecule has 2 heterocycles. The maximum Gasteiger partial charge on any atom is 0.132 e. The van der Waals surface area contributed by atoms with E-state index in [-0.39, 0.29) is 0 Å². The van der Waals surface area contributed by atoms with E-state index < -0.39 is 10.8 Å². The molecule has 2 aliphatic heterocycles. The monoisotopic (exact) mass is 971 g/mol. The number of benzene rings is 12. The standard InChI is InChI=1S/C72H45NOS/c1-2-19-46(20-3-1)47-37-39-48(40-38-47)51-22-6-13-31-65(51)73(50-41-42-54-52-23-4-7-25-57(52)71(64(54)44-50)59-27-9-14-33-67(59)74-68-34-15-10-28-60(68)71)66-32-18-21-49-43-63-56(45-55(49)66)53-24-5-8-26-58(53)72(63)61-29-11-16-35-69(61)75-70-36-17-12-30-62(70)72/h1-45H. The van der Waals surface area contributed by atoms with Gasteiger partial charge in [-0.3, -0.25) is 0 Å². The zero-order valence-electron chi connectivity index (χ0n) is 40.7. The molecule has 75 heavy (non-hydrogen) atoms. The highest BCUT2D eigenvalue weighted by Crippen LogP contribution is 2.65. The van der Waals surface area contributed by atoms with Crippen LogP contribution in [0.25, 0.3) is 55.3 Å². The molecule has 12 aromatic carbocycles. The van der Waals surface area contributed by atoms with Crippen molar-refractivity contribution < 1.29 is 4.74 Å². The van der Waals surface area contributed by atoms with E-state index in [2.05, 4.69) is 278 Å². The first-order valence-corrected chi connectivity index (χ1v) is 26.7. The van der Waals surface area contributed by atoms with Crippen molar-refractivity contribution in [3.8, 4) is 56.0 Å². The first-order valence-electron chi connectivity index (χ1n) is 25.9. The van der Waals surface area contributed by atoms with Gasteiger partial charge in [-0.15, -0.1) is 0 Å². The minimum atomic E-state index is -0.631. The van der Waals surface area contributed by atoms with Crippen LogP contribution < -0.4 is 9.64 Å². The van der Waals surface area contributed by atoms with E-state index in [1.54, 1.807) is 0 Å². The van der Waals surface area contributed by atoms with Crippen molar-refractivity contribution in [2.24, 2.45) is 0 Å². The van der Waals surface area contributed by atoms with Crippen molar-refractivity contribution in [2.45, 2.75) is 20.6 Å². The molecule has 0 atom stereocenters. The third kappa shape index (κ3) is 5.87. The predicted octanol–water partition coefficient (Wildman–Crippen LogP) is 18.9. The molecule has 2 aliphatic carbocycles. The van der Waals surface area contributed by atoms with Crippen molar-refractivity contribution in [3.05, 3.63) is 317 Å². The lowest BCUT2D eigenvalue weighted by atomic mass is 9.66. The number of hydrogen-bond acceptors (Lipinski definition) is 3. The molecule has 16 rings (SSSR count). The third-order valence-corrected chi connectivity index (χ3v) is 17.8. The van der Waals surface area contributed by atoms with E-state index in [1.807, 2.05) is 11.8 Å². The van der Waals surface area contributed by atoms with Gasteiger partial charge in [0.2, 0.25) is 0 Å². The Kier molecular flexibility index (Phi) is 9.14. The Morgan fingerprint density at radius 2 is 0.773 bits per heavy atom. The highest BCUT2D eigenvalue weighted by atomic mass is 32.2. The molecule has 0 saturated carbocycles. The molecule has 4 aliphatic rings. The molecule has 0 bridgehead atoms. The molecule has 0 amide bonds. The summed E-state index contributed by atoms with van der Waals surface area (Å²) in [7, 11) is 0. The molecular weight excluding hydrogens is 927 g/mol. The fourth-order valence-electron chi connectivity index (χ4n) is 13.6. The number of ether oxygens (including phenoxy) is 1. The number of nitrogens with zero attached hydrogens (tertiary/aromatic N) is 1. The van der Waals surface area contributed by atoms with Crippen LogP contribution in [0.5, 0.6) is 11.5 Å². The van der Waals surface area contributed by atoms with Crippen molar-refractivity contribution in [1.29, 1.82) is 0 Å². The van der Waals surface area contributed by atoms with Crippen LogP contribution in [0.15, 0.2) is 283 Å². The molecule has 0 radical (unpaired) electrons. The molecule has 0 N–H and O–H groups in total. The largest absolute Gasteiger partial charge is 0.457 e. The van der Waals surface area contributed by atoms with Gasteiger partial charge < -0.3 is 9.64 Å². The fraction of sp³-hybridized carbons (Fsp3) is 0.0278. The van der Waals surface area contributed by atoms with Crippen LogP contribution in [-0.2, 0) is 10.8 Å². The van der Waals surface area contributed by atoms with E-state index in [1.165, 1.54) is 87.3 Å². The average Bonchev–Trinajstić information content (AvgIpc) is 4.15. The molecule has 2 nitrogen and oxygen atoms in total. The van der Waals surface area contributed by atoms with Gasteiger partial charge in [-0.25, -0.2) is 0 Å². The number of rotatable bonds is 5. The van der Waals surface area contributed by atoms with E-state index in [0.29, 0.717) is 0 Å². The highest BCUT2D eigenvalue weighted by Gasteiger charge is 2.52. The molecule has 2 spiro atoms. The van der Waals surface area contributed by atoms with Crippen molar-refractivity contribution >= 4 is 39.6 Å². The Morgan fingerprint density at radius 3 is 1.45 bits per heavy atom. The summed E-state index contributed by atoms with van der Waals surface area (Å²) in [5, 5.41) is 2.38. The summed E-state index contributed by atoms with van der Waals surface area (Å²) in [6.07, 6.45) is 0. The molecule has 0 saturated heterocycles. The Morgan fingerprint density at radius 1 is 0.293 bits per heavy atom. The van der Waals surface area contributed by atoms with E-state index in [0.717, 1.165) is 50.8 Å². The quantitative estimate of drug-likeness (QED) is 0.171. The lowest BCUT2D eigenvalue weighted by Crippen LogP contribution is -2.32. The summed E-state index contributed by atoms with van der Waals surface area (Å²) in [6, 6.07) is 101. The van der Waals surface area contributed by atoms with Gasteiger partial charge in [-0.05, 0) is 138 Å². The summed E-state index contributed by atoms with van der Waals surface area (Å²) in [5.74, 6) is 1.77. The second kappa shape index (κ2) is 16.2. The Bertz CT molecular complexity index is 4230. The van der Waals surface area contributed by atoms with Crippen molar-refractivity contribution in [3.63, 3.8) is 0 Å². The van der Waals surface area contributed by atoms with E-state index in [9.17, 15) is 0 Å². The molecule has 12 aromatic rings. The molecule has 350 valence electrons. The zero-order chi connectivity index (χ0) is 49.2. The molecule has 0 fully saturated rings. The zero-order valence-corrected chi connectivity index (χ0v) is 41.6. The minimum Gasteiger partial charge on any atom is -0.457 e. The Hall–Kier alpha value is -9.15. The lowest BCUT2D eigenvalue weighted by molar-refractivity contribution is 0.436. The third-order valence-electron chi connectivity index (χ3n) is 16.6. The molecule has 0 unspecified atom stereocenters. The van der Waals surface area contributed by atoms with Gasteiger partial charge in [0, 0.05) is 37.6 Å². The SMILES string of the molecule is c1ccc(-c2ccc(-c3ccccc3N(c3ccc4c(c3)C3(c5ccccc5Oc5ccccc53)c3ccccc3-4)c3cccc4cc5c(cc34)-c3ccccc3C53c4ccccc4Sc4ccccc43)cc2)cc1. The second-order valence-electron chi connectivity index (χ2n) is 20.2. The summed E-state index contributed by atoms with van der Waals surface area (Å²) < 4.78 is 6.79. The van der Waals surface area contributed by atoms with Crippen LogP contribution in [0.1, 0.15) is 44.5 Å². The van der Waals surface area contributed by atoms with Gasteiger partial charge in [-0.2, -0.15) is 0 Å². The van der Waals surface area contributed by atoms with Gasteiger partial charge >= 0.3 is 0 Å². The van der Waals surface area contributed by atoms with Crippen molar-refractivity contribution in [2.75, 3.05) is 4.90 Å². The van der Waals surface area contributed by atoms with Crippen LogP contribution in [0.4, 0.5) is 17.1 Å². The van der Waals surface area contributed by atoms with Gasteiger partial charge in [0.25, 0.3) is 0 Å². The smallest absolute Gasteiger partial charge is 0.132 e. The first kappa shape index (κ1) is 42.4. The lowest BCUT2D eigenvalue weighted by Gasteiger charge is -2.40. The summed E-state index contributed by atoms with van der Waals surface area (Å²) in [5.41, 5.74) is 22.0. The Balaban J connectivity index is 0.973. The van der Waals surface area contributed by atoms with Crippen LogP contribution >= 0.6 is 11.8 Å². The fourth-order valence-corrected chi connectivity index (χ4v) is 14.8. The van der Waals surface area contributed by atoms with Crippen LogP contribution in [0.2, 0.25) is 0 Å². The van der Waals surface area contributed by atoms with Crippen LogP contribution in [-0.4, -0.2) is 0 Å². The highest BCUT2D eigenvalue weighted by molar-refractivity contribution is 7.99. The maximum absolute atomic E-state index is 6.79. The Labute approximate surface area is 440 Å². The predicted molar refractivity (Wildman–Crippen MR) is 308 cm³/mol. The molecular formula is C72H45NOS. The van der Waals surface area contributed by atoms with Crippen LogP contribution in [0.3, 0.4) is 0 Å². The maximum atomic E-state index is 6.79. The molecule has 3 heteroatoms. The number of para-hydroxylation sites is 3. The van der Waals surface area contributed by atoms with Gasteiger partial charge in [0.05, 0.1) is 22.2 Å². The second-order valence-corrected chi connectivity index (χ2v) is 21.3. The number of anilines is 3. The van der Waals surface area contributed by atoms with E-state index >= 15 is 0 Å². The van der Waals surface area contributed by atoms with Gasteiger partial charge in [0.1, 0.15) is 11.5 Å². The van der Waals surface area contributed by atoms with Crippen molar-refractivity contribution in [1.82, 2.24) is 0 Å². The topological polar surface area (TPSA) is 12.5 Å². The number of hydrogen-bond donors (Lipinski definition) is 0. The van der Waals surface area contributed by atoms with Gasteiger partial charge in [-0.1, -0.05) is 224 Å². The minimum absolute atomic E-state index is 0.480. The average molecular weight is 972 g/mol. The summed E-state index contributed by atoms with van der Waals surface area (Å²) >= 11 is 1.89. The van der Waals surface area contributed by atoms with Crippen LogP contribution in [0, 0.1) is 0 Å². The summed E-state index contributed by atoms with van der Waals surface area (Å²) in [6.45, 7) is 0. The van der Waals surface area contributed by atoms with E-state index in [4.69, 9.17) is 4.74 Å². The van der Waals surface area contributed by atoms with Gasteiger partial charge in [0.15, 0.2) is 0 Å². The summed E-state index contributed by atoms with van der Waals surface area (Å²) in [4.78, 5) is 5.15. The normalized spacial score (nSPS) is 14.1.